The second-order valence-electron chi connectivity index (χ2n) is 9.21. The van der Waals surface area contributed by atoms with Gasteiger partial charge in [0.05, 0.1) is 11.2 Å². The monoisotopic (exact) mass is 470 g/mol. The molecular weight excluding hydrogens is 440 g/mol. The first-order valence-electron chi connectivity index (χ1n) is 11.9. The van der Waals surface area contributed by atoms with E-state index in [1.165, 1.54) is 6.33 Å². The van der Waals surface area contributed by atoms with E-state index in [1.54, 1.807) is 10.8 Å². The first kappa shape index (κ1) is 23.0. The van der Waals surface area contributed by atoms with Gasteiger partial charge < -0.3 is 20.7 Å². The molecule has 0 unspecified atom stereocenters. The highest BCUT2D eigenvalue weighted by molar-refractivity contribution is 5.98. The molecule has 5 rings (SSSR count). The van der Waals surface area contributed by atoms with Crippen molar-refractivity contribution in [2.24, 2.45) is 0 Å². The number of aryl methyl sites for hydroxylation is 1. The van der Waals surface area contributed by atoms with E-state index in [-0.39, 0.29) is 6.03 Å². The molecule has 1 amide bonds. The number of carbonyl (C=O) groups excluding carboxylic acids is 1. The minimum atomic E-state index is -0.209. The molecule has 0 spiro atoms. The van der Waals surface area contributed by atoms with Gasteiger partial charge in [0.2, 0.25) is 5.88 Å². The maximum atomic E-state index is 13.1. The van der Waals surface area contributed by atoms with Gasteiger partial charge in [-0.2, -0.15) is 0 Å². The van der Waals surface area contributed by atoms with Gasteiger partial charge in [0.15, 0.2) is 0 Å². The summed E-state index contributed by atoms with van der Waals surface area (Å²) in [4.78, 5) is 21.8. The molecule has 0 atom stereocenters. The SMILES string of the molecule is Cc1cc(CNC(C)C)cc(NC(=O)n2ccc3cc(Oc4ncnc5c4CCNC5)ccc32)c1. The molecule has 0 bridgehead atoms. The summed E-state index contributed by atoms with van der Waals surface area (Å²) in [5.41, 5.74) is 5.84. The predicted molar refractivity (Wildman–Crippen MR) is 137 cm³/mol. The number of ether oxygens (including phenoxy) is 1. The number of hydrogen-bond donors (Lipinski definition) is 3. The Bertz CT molecular complexity index is 1380. The van der Waals surface area contributed by atoms with Crippen molar-refractivity contribution < 1.29 is 9.53 Å². The lowest BCUT2D eigenvalue weighted by molar-refractivity contribution is 0.254. The number of nitrogens with zero attached hydrogens (tertiary/aromatic N) is 3. The van der Waals surface area contributed by atoms with Crippen molar-refractivity contribution in [3.8, 4) is 11.6 Å². The van der Waals surface area contributed by atoms with E-state index in [0.717, 1.165) is 65.0 Å². The zero-order chi connectivity index (χ0) is 24.4. The number of anilines is 1. The average molecular weight is 471 g/mol. The van der Waals surface area contributed by atoms with E-state index in [1.807, 2.05) is 43.3 Å². The summed E-state index contributed by atoms with van der Waals surface area (Å²) >= 11 is 0. The number of benzene rings is 2. The molecule has 3 heterocycles. The largest absolute Gasteiger partial charge is 0.439 e. The number of aromatic nitrogens is 3. The summed E-state index contributed by atoms with van der Waals surface area (Å²) in [7, 11) is 0. The van der Waals surface area contributed by atoms with E-state index in [0.29, 0.717) is 17.7 Å². The third-order valence-electron chi connectivity index (χ3n) is 6.04. The quantitative estimate of drug-likeness (QED) is 0.376. The number of nitrogens with one attached hydrogen (secondary N) is 3. The van der Waals surface area contributed by atoms with Gasteiger partial charge in [-0.25, -0.2) is 14.8 Å². The Balaban J connectivity index is 1.34. The fraction of sp³-hybridized carbons (Fsp3) is 0.296. The lowest BCUT2D eigenvalue weighted by Crippen LogP contribution is -2.25. The van der Waals surface area contributed by atoms with E-state index in [9.17, 15) is 4.79 Å². The maximum absolute atomic E-state index is 13.1. The molecule has 8 heteroatoms. The Morgan fingerprint density at radius 2 is 2.06 bits per heavy atom. The molecule has 4 aromatic rings. The Kier molecular flexibility index (Phi) is 6.48. The van der Waals surface area contributed by atoms with Crippen LogP contribution in [0, 0.1) is 6.92 Å². The molecule has 0 saturated heterocycles. The van der Waals surface area contributed by atoms with Crippen molar-refractivity contribution in [2.45, 2.75) is 46.3 Å². The van der Waals surface area contributed by atoms with Gasteiger partial charge in [0.25, 0.3) is 0 Å². The van der Waals surface area contributed by atoms with Gasteiger partial charge in [-0.15, -0.1) is 0 Å². The number of rotatable bonds is 6. The molecule has 1 aliphatic rings. The molecule has 3 N–H and O–H groups in total. The number of amides is 1. The molecule has 0 saturated carbocycles. The fourth-order valence-electron chi connectivity index (χ4n) is 4.36. The molecule has 0 aliphatic carbocycles. The molecule has 35 heavy (non-hydrogen) atoms. The predicted octanol–water partition coefficient (Wildman–Crippen LogP) is 4.76. The number of carbonyl (C=O) groups is 1. The third kappa shape index (κ3) is 5.18. The molecular formula is C27H30N6O2. The second kappa shape index (κ2) is 9.85. The Morgan fingerprint density at radius 1 is 1.17 bits per heavy atom. The smallest absolute Gasteiger partial charge is 0.330 e. The molecule has 0 radical (unpaired) electrons. The summed E-state index contributed by atoms with van der Waals surface area (Å²) in [5, 5.41) is 10.7. The molecule has 180 valence electrons. The van der Waals surface area contributed by atoms with Crippen LogP contribution in [0.5, 0.6) is 11.6 Å². The van der Waals surface area contributed by atoms with Crippen molar-refractivity contribution in [3.05, 3.63) is 77.4 Å². The van der Waals surface area contributed by atoms with E-state index in [2.05, 4.69) is 45.8 Å². The molecule has 2 aromatic heterocycles. The van der Waals surface area contributed by atoms with Crippen molar-refractivity contribution in [1.82, 2.24) is 25.2 Å². The highest BCUT2D eigenvalue weighted by Gasteiger charge is 2.17. The lowest BCUT2D eigenvalue weighted by Gasteiger charge is -2.18. The van der Waals surface area contributed by atoms with Crippen LogP contribution in [0.2, 0.25) is 0 Å². The summed E-state index contributed by atoms with van der Waals surface area (Å²) in [6.07, 6.45) is 4.15. The van der Waals surface area contributed by atoms with Crippen molar-refractivity contribution in [1.29, 1.82) is 0 Å². The van der Waals surface area contributed by atoms with Crippen molar-refractivity contribution in [3.63, 3.8) is 0 Å². The second-order valence-corrected chi connectivity index (χ2v) is 9.21. The van der Waals surface area contributed by atoms with E-state index >= 15 is 0 Å². The fourth-order valence-corrected chi connectivity index (χ4v) is 4.36. The third-order valence-corrected chi connectivity index (χ3v) is 6.04. The summed E-state index contributed by atoms with van der Waals surface area (Å²) in [6, 6.07) is 13.9. The highest BCUT2D eigenvalue weighted by atomic mass is 16.5. The van der Waals surface area contributed by atoms with Crippen molar-refractivity contribution >= 4 is 22.6 Å². The van der Waals surface area contributed by atoms with Crippen LogP contribution in [0.15, 0.2) is 55.0 Å². The molecule has 8 nitrogen and oxygen atoms in total. The Hall–Kier alpha value is -3.75. The zero-order valence-corrected chi connectivity index (χ0v) is 20.3. The number of hydrogen-bond acceptors (Lipinski definition) is 6. The van der Waals surface area contributed by atoms with Crippen LogP contribution in [-0.4, -0.2) is 33.2 Å². The summed E-state index contributed by atoms with van der Waals surface area (Å²) in [5.74, 6) is 1.27. The van der Waals surface area contributed by atoms with Gasteiger partial charge in [-0.3, -0.25) is 4.57 Å². The van der Waals surface area contributed by atoms with Crippen LogP contribution >= 0.6 is 0 Å². The molecule has 0 fully saturated rings. The summed E-state index contributed by atoms with van der Waals surface area (Å²) in [6.45, 7) is 8.62. The van der Waals surface area contributed by atoms with Gasteiger partial charge in [0.1, 0.15) is 12.1 Å². The van der Waals surface area contributed by atoms with Gasteiger partial charge >= 0.3 is 6.03 Å². The van der Waals surface area contributed by atoms with Gasteiger partial charge in [-0.05, 0) is 67.4 Å². The first-order chi connectivity index (χ1) is 17.0. The minimum Gasteiger partial charge on any atom is -0.439 e. The summed E-state index contributed by atoms with van der Waals surface area (Å²) < 4.78 is 7.74. The first-order valence-corrected chi connectivity index (χ1v) is 11.9. The normalized spacial score (nSPS) is 13.1. The van der Waals surface area contributed by atoms with Crippen LogP contribution < -0.4 is 20.7 Å². The van der Waals surface area contributed by atoms with Crippen LogP contribution in [0.3, 0.4) is 0 Å². The zero-order valence-electron chi connectivity index (χ0n) is 20.3. The van der Waals surface area contributed by atoms with Crippen molar-refractivity contribution in [2.75, 3.05) is 11.9 Å². The van der Waals surface area contributed by atoms with Crippen LogP contribution in [-0.2, 0) is 19.5 Å². The lowest BCUT2D eigenvalue weighted by atomic mass is 10.1. The molecule has 1 aliphatic heterocycles. The minimum absolute atomic E-state index is 0.209. The van der Waals surface area contributed by atoms with E-state index < -0.39 is 0 Å². The Labute approximate surface area is 204 Å². The topological polar surface area (TPSA) is 93.1 Å². The van der Waals surface area contributed by atoms with Crippen LogP contribution in [0.4, 0.5) is 10.5 Å². The Morgan fingerprint density at radius 3 is 2.91 bits per heavy atom. The van der Waals surface area contributed by atoms with Crippen LogP contribution in [0.25, 0.3) is 10.9 Å². The van der Waals surface area contributed by atoms with E-state index in [4.69, 9.17) is 4.74 Å². The average Bonchev–Trinajstić information content (AvgIpc) is 3.26. The standard InChI is InChI=1S/C27H30N6O2/c1-17(2)29-14-19-10-18(3)11-21(12-19)32-27(34)33-9-7-20-13-22(4-5-25(20)33)35-26-23-6-8-28-15-24(23)30-16-31-26/h4-5,7,9-13,16-17,28-29H,6,8,14-15H2,1-3H3,(H,32,34). The molecule has 2 aromatic carbocycles. The maximum Gasteiger partial charge on any atom is 0.330 e. The van der Waals surface area contributed by atoms with Gasteiger partial charge in [-0.1, -0.05) is 19.9 Å². The highest BCUT2D eigenvalue weighted by Crippen LogP contribution is 2.29. The van der Waals surface area contributed by atoms with Crippen LogP contribution in [0.1, 0.15) is 36.2 Å². The number of fused-ring (bicyclic) bond motifs is 2. The van der Waals surface area contributed by atoms with Gasteiger partial charge in [0, 0.05) is 42.0 Å².